The molecule has 10 rings (SSSR count). The number of nitrogens with zero attached hydrogens (tertiary/aromatic N) is 3. The van der Waals surface area contributed by atoms with E-state index in [0.29, 0.717) is 0 Å². The molecule has 0 N–H and O–H groups in total. The lowest BCUT2D eigenvalue weighted by atomic mass is 9.90. The van der Waals surface area contributed by atoms with Gasteiger partial charge in [0, 0.05) is 48.1 Å². The second kappa shape index (κ2) is 12.6. The number of hydrogen-bond acceptors (Lipinski definition) is 3. The lowest BCUT2D eigenvalue weighted by molar-refractivity contribution is 0.581. The zero-order valence-electron chi connectivity index (χ0n) is 28.8. The van der Waals surface area contributed by atoms with Gasteiger partial charge in [0.25, 0.3) is 0 Å². The summed E-state index contributed by atoms with van der Waals surface area (Å²) in [7, 11) is 0. The molecule has 1 aliphatic heterocycles. The molecule has 2 unspecified atom stereocenters. The maximum absolute atomic E-state index is 5.40. The predicted molar refractivity (Wildman–Crippen MR) is 222 cm³/mol. The van der Waals surface area contributed by atoms with Crippen LogP contribution in [0.25, 0.3) is 58.8 Å². The Morgan fingerprint density at radius 3 is 2.10 bits per heavy atom. The number of hydrogen-bond donors (Lipinski definition) is 0. The van der Waals surface area contributed by atoms with Gasteiger partial charge in [-0.1, -0.05) is 140 Å². The van der Waals surface area contributed by atoms with E-state index in [9.17, 15) is 0 Å². The normalized spacial score (nSPS) is 16.3. The standard InChI is InChI=1S/C48H35N3S/c1-31-28-42(49-48(33-16-6-3-7-17-33)50-46(31)32-14-4-2-5-15-32)35-18-12-19-36(29-35)51-43-24-10-8-20-38(43)41-30-34(26-27-44(41)51)37-22-13-23-40-39-21-9-11-25-45(39)52-47(37)40/h2-27,29-31,42H,28H2,1H3. The summed E-state index contributed by atoms with van der Waals surface area (Å²) >= 11 is 1.88. The number of thiophene rings is 1. The molecule has 2 atom stereocenters. The summed E-state index contributed by atoms with van der Waals surface area (Å²) in [4.78, 5) is 10.6. The molecule has 0 spiro atoms. The fourth-order valence-corrected chi connectivity index (χ4v) is 9.30. The van der Waals surface area contributed by atoms with Crippen molar-refractivity contribution in [2.45, 2.75) is 19.4 Å². The average Bonchev–Trinajstić information content (AvgIpc) is 3.69. The summed E-state index contributed by atoms with van der Waals surface area (Å²) in [6, 6.07) is 61.2. The number of aliphatic imine (C=N–C) groups is 2. The van der Waals surface area contributed by atoms with E-state index < -0.39 is 0 Å². The van der Waals surface area contributed by atoms with E-state index in [2.05, 4.69) is 175 Å². The monoisotopic (exact) mass is 685 g/mol. The highest BCUT2D eigenvalue weighted by Gasteiger charge is 2.25. The number of rotatable bonds is 5. The molecule has 2 aromatic heterocycles. The molecule has 0 radical (unpaired) electrons. The van der Waals surface area contributed by atoms with Gasteiger partial charge in [0.1, 0.15) is 0 Å². The minimum absolute atomic E-state index is 0.0448. The molecule has 9 aromatic rings. The number of amidine groups is 1. The first-order valence-corrected chi connectivity index (χ1v) is 18.8. The van der Waals surface area contributed by atoms with Crippen LogP contribution in [0.3, 0.4) is 0 Å². The quantitative estimate of drug-likeness (QED) is 0.173. The van der Waals surface area contributed by atoms with E-state index in [1.807, 2.05) is 17.4 Å². The molecule has 248 valence electrons. The largest absolute Gasteiger partial charge is 0.309 e. The highest BCUT2D eigenvalue weighted by molar-refractivity contribution is 7.26. The van der Waals surface area contributed by atoms with Crippen molar-refractivity contribution in [1.82, 2.24) is 4.57 Å². The first-order chi connectivity index (χ1) is 25.7. The van der Waals surface area contributed by atoms with Crippen molar-refractivity contribution in [3.8, 4) is 16.8 Å². The van der Waals surface area contributed by atoms with Crippen molar-refractivity contribution in [2.24, 2.45) is 15.9 Å². The molecule has 0 amide bonds. The minimum Gasteiger partial charge on any atom is -0.309 e. The number of benzene rings is 7. The van der Waals surface area contributed by atoms with Crippen LogP contribution in [0.1, 0.15) is 36.1 Å². The Morgan fingerprint density at radius 1 is 0.558 bits per heavy atom. The molecule has 52 heavy (non-hydrogen) atoms. The summed E-state index contributed by atoms with van der Waals surface area (Å²) in [5.74, 6) is 1.01. The summed E-state index contributed by atoms with van der Waals surface area (Å²) in [6.07, 6.45) is 0.868. The zero-order chi connectivity index (χ0) is 34.6. The van der Waals surface area contributed by atoms with Crippen LogP contribution < -0.4 is 0 Å². The topological polar surface area (TPSA) is 29.6 Å². The van der Waals surface area contributed by atoms with Crippen molar-refractivity contribution in [1.29, 1.82) is 0 Å². The zero-order valence-corrected chi connectivity index (χ0v) is 29.6. The van der Waals surface area contributed by atoms with Crippen molar-refractivity contribution in [3.63, 3.8) is 0 Å². The van der Waals surface area contributed by atoms with Gasteiger partial charge in [-0.05, 0) is 65.1 Å². The van der Waals surface area contributed by atoms with Gasteiger partial charge in [-0.25, -0.2) is 4.99 Å². The molecule has 3 heterocycles. The van der Waals surface area contributed by atoms with Gasteiger partial charge in [0.05, 0.1) is 22.8 Å². The Hall–Kier alpha value is -6.10. The van der Waals surface area contributed by atoms with Crippen LogP contribution in [-0.2, 0) is 0 Å². The maximum Gasteiger partial charge on any atom is 0.155 e. The third-order valence-corrected chi connectivity index (χ3v) is 11.8. The van der Waals surface area contributed by atoms with E-state index >= 15 is 0 Å². The number of aromatic nitrogens is 1. The van der Waals surface area contributed by atoms with E-state index in [0.717, 1.165) is 34.8 Å². The summed E-state index contributed by atoms with van der Waals surface area (Å²) in [6.45, 7) is 2.29. The van der Waals surface area contributed by atoms with E-state index in [1.54, 1.807) is 0 Å². The van der Waals surface area contributed by atoms with Gasteiger partial charge in [-0.3, -0.25) is 4.99 Å². The molecule has 0 saturated carbocycles. The molecular weight excluding hydrogens is 651 g/mol. The molecular formula is C48H35N3S. The number of fused-ring (bicyclic) bond motifs is 6. The summed E-state index contributed by atoms with van der Waals surface area (Å²) in [5, 5.41) is 5.16. The SMILES string of the molecule is CC1CC(c2cccc(-n3c4ccccc4c4cc(-c5cccc6c5sc5ccccc56)ccc43)c2)N=C(c2ccccc2)N=C1c1ccccc1. The van der Waals surface area contributed by atoms with Crippen LogP contribution in [0.5, 0.6) is 0 Å². The Morgan fingerprint density at radius 2 is 1.25 bits per heavy atom. The molecule has 4 heteroatoms. The van der Waals surface area contributed by atoms with Crippen LogP contribution >= 0.6 is 11.3 Å². The fraction of sp³-hybridized carbons (Fsp3) is 0.0833. The second-order valence-electron chi connectivity index (χ2n) is 13.8. The molecule has 0 bridgehead atoms. The summed E-state index contributed by atoms with van der Waals surface area (Å²) in [5.41, 5.74) is 10.5. The molecule has 3 nitrogen and oxygen atoms in total. The lowest BCUT2D eigenvalue weighted by Gasteiger charge is -2.18. The Bertz CT molecular complexity index is 2840. The first kappa shape index (κ1) is 30.7. The molecule has 7 aromatic carbocycles. The first-order valence-electron chi connectivity index (χ1n) is 18.0. The predicted octanol–water partition coefficient (Wildman–Crippen LogP) is 12.8. The third-order valence-electron chi connectivity index (χ3n) is 10.6. The van der Waals surface area contributed by atoms with Crippen molar-refractivity contribution in [3.05, 3.63) is 187 Å². The maximum atomic E-state index is 5.40. The van der Waals surface area contributed by atoms with Crippen molar-refractivity contribution in [2.75, 3.05) is 0 Å². The Kier molecular flexibility index (Phi) is 7.43. The molecule has 1 aliphatic rings. The molecule has 0 fully saturated rings. The Labute approximate surface area is 306 Å². The van der Waals surface area contributed by atoms with Gasteiger partial charge < -0.3 is 4.57 Å². The second-order valence-corrected chi connectivity index (χ2v) is 14.8. The van der Waals surface area contributed by atoms with Crippen molar-refractivity contribution >= 4 is 64.9 Å². The average molecular weight is 686 g/mol. The number of para-hydroxylation sites is 1. The van der Waals surface area contributed by atoms with Gasteiger partial charge in [-0.15, -0.1) is 11.3 Å². The van der Waals surface area contributed by atoms with E-state index in [1.165, 1.54) is 58.7 Å². The van der Waals surface area contributed by atoms with Crippen molar-refractivity contribution < 1.29 is 0 Å². The van der Waals surface area contributed by atoms with Gasteiger partial charge >= 0.3 is 0 Å². The molecule has 0 saturated heterocycles. The highest BCUT2D eigenvalue weighted by atomic mass is 32.1. The fourth-order valence-electron chi connectivity index (χ4n) is 8.06. The van der Waals surface area contributed by atoms with Gasteiger partial charge in [0.15, 0.2) is 5.84 Å². The lowest BCUT2D eigenvalue weighted by Crippen LogP contribution is -2.14. The highest BCUT2D eigenvalue weighted by Crippen LogP contribution is 2.42. The molecule has 0 aliphatic carbocycles. The van der Waals surface area contributed by atoms with Crippen LogP contribution in [0.15, 0.2) is 180 Å². The minimum atomic E-state index is -0.0448. The Balaban J connectivity index is 1.09. The third kappa shape index (κ3) is 5.18. The smallest absolute Gasteiger partial charge is 0.155 e. The van der Waals surface area contributed by atoms with Crippen LogP contribution in [0.4, 0.5) is 0 Å². The van der Waals surface area contributed by atoms with Gasteiger partial charge in [0.2, 0.25) is 0 Å². The van der Waals surface area contributed by atoms with Gasteiger partial charge in [-0.2, -0.15) is 0 Å². The van der Waals surface area contributed by atoms with Crippen LogP contribution in [0, 0.1) is 5.92 Å². The van der Waals surface area contributed by atoms with Crippen LogP contribution in [-0.4, -0.2) is 16.1 Å². The summed E-state index contributed by atoms with van der Waals surface area (Å²) < 4.78 is 5.09. The van der Waals surface area contributed by atoms with E-state index in [-0.39, 0.29) is 12.0 Å². The van der Waals surface area contributed by atoms with Crippen LogP contribution in [0.2, 0.25) is 0 Å². The van der Waals surface area contributed by atoms with E-state index in [4.69, 9.17) is 9.98 Å².